The van der Waals surface area contributed by atoms with Gasteiger partial charge in [-0.1, -0.05) is 22.7 Å². The van der Waals surface area contributed by atoms with Crippen molar-refractivity contribution in [2.45, 2.75) is 18.9 Å². The lowest BCUT2D eigenvalue weighted by molar-refractivity contribution is 0.0941. The number of likely N-dealkylation sites (tertiary alicyclic amines) is 1. The number of aromatic nitrogens is 2. The van der Waals surface area contributed by atoms with Crippen LogP contribution < -0.4 is 10.1 Å². The van der Waals surface area contributed by atoms with Gasteiger partial charge in [-0.25, -0.2) is 0 Å². The van der Waals surface area contributed by atoms with Crippen LogP contribution in [0.5, 0.6) is 5.75 Å². The zero-order valence-corrected chi connectivity index (χ0v) is 13.9. The van der Waals surface area contributed by atoms with E-state index in [0.717, 1.165) is 35.9 Å². The highest BCUT2D eigenvalue weighted by molar-refractivity contribution is 7.07. The highest BCUT2D eigenvalue weighted by Gasteiger charge is 2.26. The van der Waals surface area contributed by atoms with Crippen LogP contribution in [0.15, 0.2) is 30.5 Å². The second-order valence-electron chi connectivity index (χ2n) is 5.49. The molecule has 122 valence electrons. The number of carbonyl (C=O) groups excluding carboxylic acids is 1. The van der Waals surface area contributed by atoms with E-state index in [1.165, 1.54) is 19.0 Å². The van der Waals surface area contributed by atoms with Gasteiger partial charge in [0.1, 0.15) is 10.6 Å². The maximum absolute atomic E-state index is 12.2. The first-order valence-corrected chi connectivity index (χ1v) is 8.49. The molecule has 3 rings (SSSR count). The highest BCUT2D eigenvalue weighted by atomic mass is 32.1. The lowest BCUT2D eigenvalue weighted by Gasteiger charge is -2.29. The first kappa shape index (κ1) is 15.9. The van der Waals surface area contributed by atoms with E-state index in [2.05, 4.69) is 25.9 Å². The highest BCUT2D eigenvalue weighted by Crippen LogP contribution is 2.31. The number of ether oxygens (including phenoxy) is 1. The molecule has 0 bridgehead atoms. The van der Waals surface area contributed by atoms with E-state index in [9.17, 15) is 4.79 Å². The van der Waals surface area contributed by atoms with E-state index >= 15 is 0 Å². The van der Waals surface area contributed by atoms with E-state index in [0.29, 0.717) is 11.4 Å². The molecule has 1 N–H and O–H groups in total. The predicted molar refractivity (Wildman–Crippen MR) is 88.8 cm³/mol. The number of methoxy groups -OCH3 is 1. The number of hydrogen-bond donors (Lipinski definition) is 1. The second-order valence-corrected chi connectivity index (χ2v) is 6.28. The van der Waals surface area contributed by atoms with Crippen LogP contribution in [0.25, 0.3) is 0 Å². The Hall–Kier alpha value is -1.99. The van der Waals surface area contributed by atoms with Crippen molar-refractivity contribution in [3.05, 3.63) is 40.9 Å². The van der Waals surface area contributed by atoms with Crippen LogP contribution in [0, 0.1) is 0 Å². The Bertz CT molecular complexity index is 641. The van der Waals surface area contributed by atoms with Crippen LogP contribution >= 0.6 is 11.5 Å². The second kappa shape index (κ2) is 7.52. The minimum Gasteiger partial charge on any atom is -0.496 e. The van der Waals surface area contributed by atoms with Crippen LogP contribution in [0.2, 0.25) is 0 Å². The SMILES string of the molecule is COc1ccccc1[C@@H](CNC(=O)c1cnns1)N1CCCC1. The summed E-state index contributed by atoms with van der Waals surface area (Å²) in [6, 6.07) is 8.12. The van der Waals surface area contributed by atoms with Crippen molar-refractivity contribution < 1.29 is 9.53 Å². The molecule has 23 heavy (non-hydrogen) atoms. The number of carbonyl (C=O) groups is 1. The summed E-state index contributed by atoms with van der Waals surface area (Å²) in [7, 11) is 1.68. The van der Waals surface area contributed by atoms with Gasteiger partial charge >= 0.3 is 0 Å². The maximum Gasteiger partial charge on any atom is 0.264 e. The first-order valence-electron chi connectivity index (χ1n) is 7.72. The van der Waals surface area contributed by atoms with E-state index < -0.39 is 0 Å². The summed E-state index contributed by atoms with van der Waals surface area (Å²) in [5.41, 5.74) is 1.11. The van der Waals surface area contributed by atoms with Gasteiger partial charge in [-0.3, -0.25) is 9.69 Å². The average molecular weight is 332 g/mol. The molecule has 1 aromatic carbocycles. The number of benzene rings is 1. The van der Waals surface area contributed by atoms with E-state index in [1.54, 1.807) is 7.11 Å². The Morgan fingerprint density at radius 3 is 2.87 bits per heavy atom. The monoisotopic (exact) mass is 332 g/mol. The number of rotatable bonds is 6. The summed E-state index contributed by atoms with van der Waals surface area (Å²) < 4.78 is 9.24. The maximum atomic E-state index is 12.2. The molecular weight excluding hydrogens is 312 g/mol. The summed E-state index contributed by atoms with van der Waals surface area (Å²) in [6.45, 7) is 2.62. The number of para-hydroxylation sites is 1. The third-order valence-corrected chi connectivity index (χ3v) is 4.78. The molecular formula is C16H20N4O2S. The van der Waals surface area contributed by atoms with E-state index in [-0.39, 0.29) is 11.9 Å². The van der Waals surface area contributed by atoms with Gasteiger partial charge in [0.2, 0.25) is 0 Å². The van der Waals surface area contributed by atoms with Crippen molar-refractivity contribution in [3.8, 4) is 5.75 Å². The van der Waals surface area contributed by atoms with Gasteiger partial charge in [0.25, 0.3) is 5.91 Å². The van der Waals surface area contributed by atoms with Gasteiger partial charge in [-0.2, -0.15) is 0 Å². The summed E-state index contributed by atoms with van der Waals surface area (Å²) >= 11 is 1.11. The molecule has 1 aliphatic rings. The summed E-state index contributed by atoms with van der Waals surface area (Å²) in [5.74, 6) is 0.734. The molecule has 1 fully saturated rings. The Balaban J connectivity index is 1.77. The van der Waals surface area contributed by atoms with E-state index in [1.807, 2.05) is 18.2 Å². The molecule has 1 amide bonds. The number of amides is 1. The molecule has 0 radical (unpaired) electrons. The normalized spacial score (nSPS) is 16.2. The molecule has 2 aromatic rings. The van der Waals surface area contributed by atoms with Gasteiger partial charge in [0.15, 0.2) is 0 Å². The fraction of sp³-hybridized carbons (Fsp3) is 0.438. The fourth-order valence-electron chi connectivity index (χ4n) is 2.97. The third-order valence-electron chi connectivity index (χ3n) is 4.12. The number of nitrogens with one attached hydrogen (secondary N) is 1. The summed E-state index contributed by atoms with van der Waals surface area (Å²) in [4.78, 5) is 15.1. The van der Waals surface area contributed by atoms with Crippen LogP contribution in [0.3, 0.4) is 0 Å². The van der Waals surface area contributed by atoms with Crippen LogP contribution in [0.4, 0.5) is 0 Å². The Kier molecular flexibility index (Phi) is 5.19. The van der Waals surface area contributed by atoms with Gasteiger partial charge in [0.05, 0.1) is 19.3 Å². The number of hydrogen-bond acceptors (Lipinski definition) is 6. The van der Waals surface area contributed by atoms with Crippen molar-refractivity contribution >= 4 is 17.4 Å². The molecule has 7 heteroatoms. The van der Waals surface area contributed by atoms with Gasteiger partial charge in [-0.15, -0.1) is 5.10 Å². The molecule has 0 saturated carbocycles. The van der Waals surface area contributed by atoms with Crippen LogP contribution in [-0.2, 0) is 0 Å². The topological polar surface area (TPSA) is 67.3 Å². The largest absolute Gasteiger partial charge is 0.496 e. The molecule has 1 aromatic heterocycles. The van der Waals surface area contributed by atoms with Crippen molar-refractivity contribution in [2.24, 2.45) is 0 Å². The minimum absolute atomic E-state index is 0.110. The van der Waals surface area contributed by atoms with Gasteiger partial charge in [0, 0.05) is 12.1 Å². The molecule has 1 aliphatic heterocycles. The molecule has 2 heterocycles. The fourth-order valence-corrected chi connectivity index (χ4v) is 3.41. The summed E-state index contributed by atoms with van der Waals surface area (Å²) in [6.07, 6.45) is 3.88. The zero-order chi connectivity index (χ0) is 16.1. The molecule has 0 aliphatic carbocycles. The zero-order valence-electron chi connectivity index (χ0n) is 13.1. The standard InChI is InChI=1S/C16H20N4O2S/c1-22-14-7-3-2-6-12(14)13(20-8-4-5-9-20)10-17-16(21)15-11-18-19-23-15/h2-3,6-7,11,13H,4-5,8-10H2,1H3,(H,17,21)/t13-/m1/s1. The molecule has 1 saturated heterocycles. The van der Waals surface area contributed by atoms with Gasteiger partial charge in [-0.05, 0) is 43.5 Å². The smallest absolute Gasteiger partial charge is 0.264 e. The van der Waals surface area contributed by atoms with Crippen LogP contribution in [-0.4, -0.2) is 47.1 Å². The molecule has 0 spiro atoms. The average Bonchev–Trinajstić information content (AvgIpc) is 3.29. The Morgan fingerprint density at radius 2 is 2.17 bits per heavy atom. The Morgan fingerprint density at radius 1 is 1.39 bits per heavy atom. The van der Waals surface area contributed by atoms with Crippen molar-refractivity contribution in [1.82, 2.24) is 19.8 Å². The van der Waals surface area contributed by atoms with Crippen molar-refractivity contribution in [3.63, 3.8) is 0 Å². The van der Waals surface area contributed by atoms with Crippen LogP contribution in [0.1, 0.15) is 34.1 Å². The summed E-state index contributed by atoms with van der Waals surface area (Å²) in [5, 5.41) is 6.72. The first-order chi connectivity index (χ1) is 11.3. The molecule has 1 atom stereocenters. The van der Waals surface area contributed by atoms with Gasteiger partial charge < -0.3 is 10.1 Å². The lowest BCUT2D eigenvalue weighted by atomic mass is 10.0. The van der Waals surface area contributed by atoms with Crippen molar-refractivity contribution in [1.29, 1.82) is 0 Å². The van der Waals surface area contributed by atoms with Crippen molar-refractivity contribution in [2.75, 3.05) is 26.7 Å². The quantitative estimate of drug-likeness (QED) is 0.877. The Labute approximate surface area is 139 Å². The third kappa shape index (κ3) is 3.68. The molecule has 0 unspecified atom stereocenters. The predicted octanol–water partition coefficient (Wildman–Crippen LogP) is 2.11. The molecule has 6 nitrogen and oxygen atoms in total. The minimum atomic E-state index is -0.126. The van der Waals surface area contributed by atoms with E-state index in [4.69, 9.17) is 4.74 Å². The lowest BCUT2D eigenvalue weighted by Crippen LogP contribution is -2.36. The number of nitrogens with zero attached hydrogens (tertiary/aromatic N) is 3.